The monoisotopic (exact) mass is 403 g/mol. The lowest BCUT2D eigenvalue weighted by Crippen LogP contribution is -2.19. The second-order valence-electron chi connectivity index (χ2n) is 5.51. The Hall–Kier alpha value is -2.71. The first-order valence-corrected chi connectivity index (χ1v) is 9.25. The van der Waals surface area contributed by atoms with Crippen LogP contribution >= 0.6 is 23.4 Å². The number of hydrogen-bond donors (Lipinski definition) is 1. The van der Waals surface area contributed by atoms with Gasteiger partial charge < -0.3 is 4.57 Å². The van der Waals surface area contributed by atoms with Crippen LogP contribution in [0.4, 0.5) is 4.39 Å². The van der Waals surface area contributed by atoms with E-state index in [-0.39, 0.29) is 17.5 Å². The zero-order valence-corrected chi connectivity index (χ0v) is 15.8. The summed E-state index contributed by atoms with van der Waals surface area (Å²) < 4.78 is 14.6. The summed E-state index contributed by atoms with van der Waals surface area (Å²) in [5, 5.41) is 13.3. The molecule has 138 valence electrons. The molecule has 1 N–H and O–H groups in total. The molecule has 2 aromatic carbocycles. The van der Waals surface area contributed by atoms with Gasteiger partial charge in [0.05, 0.1) is 12.0 Å². The van der Waals surface area contributed by atoms with Crippen LogP contribution in [0.5, 0.6) is 0 Å². The molecular weight excluding hydrogens is 389 g/mol. The summed E-state index contributed by atoms with van der Waals surface area (Å²) in [4.78, 5) is 11.9. The van der Waals surface area contributed by atoms with Crippen molar-refractivity contribution in [1.29, 1.82) is 0 Å². The maximum absolute atomic E-state index is 12.8. The zero-order valence-electron chi connectivity index (χ0n) is 14.3. The molecule has 6 nitrogen and oxygen atoms in total. The van der Waals surface area contributed by atoms with Crippen molar-refractivity contribution in [2.75, 3.05) is 5.75 Å². The van der Waals surface area contributed by atoms with E-state index in [4.69, 9.17) is 11.6 Å². The third-order valence-electron chi connectivity index (χ3n) is 3.52. The van der Waals surface area contributed by atoms with Crippen LogP contribution in [0.25, 0.3) is 11.4 Å². The van der Waals surface area contributed by atoms with E-state index in [1.165, 1.54) is 30.1 Å². The zero-order chi connectivity index (χ0) is 19.2. The number of carbonyl (C=O) groups excluding carboxylic acids is 1. The van der Waals surface area contributed by atoms with Crippen LogP contribution in [0, 0.1) is 5.82 Å². The van der Waals surface area contributed by atoms with Crippen LogP contribution in [-0.4, -0.2) is 32.6 Å². The largest absolute Gasteiger partial charge is 0.305 e. The molecule has 9 heteroatoms. The lowest BCUT2D eigenvalue weighted by Gasteiger charge is -2.04. The molecule has 0 aliphatic rings. The fraction of sp³-hybridized carbons (Fsp3) is 0.111. The van der Waals surface area contributed by atoms with Crippen LogP contribution in [0.15, 0.2) is 58.8 Å². The first-order valence-electron chi connectivity index (χ1n) is 7.88. The second kappa shape index (κ2) is 8.79. The average molecular weight is 404 g/mol. The van der Waals surface area contributed by atoms with Gasteiger partial charge in [-0.3, -0.25) is 4.79 Å². The Bertz CT molecular complexity index is 974. The maximum atomic E-state index is 12.8. The number of nitrogens with one attached hydrogen (secondary N) is 1. The number of aromatic nitrogens is 3. The lowest BCUT2D eigenvalue weighted by molar-refractivity contribution is -0.118. The summed E-state index contributed by atoms with van der Waals surface area (Å²) in [6.45, 7) is 0. The van der Waals surface area contributed by atoms with E-state index in [1.807, 2.05) is 19.2 Å². The van der Waals surface area contributed by atoms with Gasteiger partial charge in [-0.05, 0) is 29.8 Å². The number of nitrogens with zero attached hydrogens (tertiary/aromatic N) is 4. The van der Waals surface area contributed by atoms with Gasteiger partial charge in [-0.1, -0.05) is 47.6 Å². The smallest absolute Gasteiger partial charge is 0.250 e. The highest BCUT2D eigenvalue weighted by Crippen LogP contribution is 2.24. The van der Waals surface area contributed by atoms with E-state index in [0.29, 0.717) is 21.6 Å². The molecule has 0 bridgehead atoms. The first kappa shape index (κ1) is 19.1. The van der Waals surface area contributed by atoms with Crippen molar-refractivity contribution in [1.82, 2.24) is 20.2 Å². The van der Waals surface area contributed by atoms with E-state index >= 15 is 0 Å². The Morgan fingerprint density at radius 3 is 2.81 bits per heavy atom. The average Bonchev–Trinajstić information content (AvgIpc) is 3.02. The van der Waals surface area contributed by atoms with E-state index in [2.05, 4.69) is 20.7 Å². The summed E-state index contributed by atoms with van der Waals surface area (Å²) in [6.07, 6.45) is 1.45. The van der Waals surface area contributed by atoms with Crippen LogP contribution in [-0.2, 0) is 11.8 Å². The first-order chi connectivity index (χ1) is 13.0. The number of hydrogen-bond acceptors (Lipinski definition) is 5. The van der Waals surface area contributed by atoms with Crippen LogP contribution in [0.2, 0.25) is 5.02 Å². The number of hydrazone groups is 1. The van der Waals surface area contributed by atoms with E-state index in [0.717, 1.165) is 5.56 Å². The molecule has 0 spiro atoms. The number of rotatable bonds is 6. The lowest BCUT2D eigenvalue weighted by atomic mass is 10.2. The minimum absolute atomic E-state index is 0.127. The van der Waals surface area contributed by atoms with Gasteiger partial charge in [0.25, 0.3) is 5.91 Å². The van der Waals surface area contributed by atoms with Gasteiger partial charge >= 0.3 is 0 Å². The highest BCUT2D eigenvalue weighted by molar-refractivity contribution is 7.99. The third-order valence-corrected chi connectivity index (χ3v) is 4.78. The number of halogens is 2. The quantitative estimate of drug-likeness (QED) is 0.388. The van der Waals surface area contributed by atoms with Crippen molar-refractivity contribution in [3.05, 3.63) is 64.9 Å². The number of benzene rings is 2. The molecule has 3 aromatic rings. The number of amides is 1. The van der Waals surface area contributed by atoms with E-state index in [9.17, 15) is 9.18 Å². The van der Waals surface area contributed by atoms with Crippen molar-refractivity contribution in [3.8, 4) is 11.4 Å². The molecule has 1 amide bonds. The van der Waals surface area contributed by atoms with Gasteiger partial charge in [0.1, 0.15) is 5.82 Å². The SMILES string of the molecule is Cn1c(SCC(=O)N/N=C/c2ccc(F)cc2)nnc1-c1cccc(Cl)c1. The van der Waals surface area contributed by atoms with Gasteiger partial charge in [0, 0.05) is 17.6 Å². The molecule has 1 aromatic heterocycles. The highest BCUT2D eigenvalue weighted by atomic mass is 35.5. The van der Waals surface area contributed by atoms with Crippen molar-refractivity contribution in [3.63, 3.8) is 0 Å². The summed E-state index contributed by atoms with van der Waals surface area (Å²) in [5.74, 6) is 0.177. The van der Waals surface area contributed by atoms with Crippen molar-refractivity contribution in [2.24, 2.45) is 12.1 Å². The molecule has 0 aliphatic heterocycles. The molecular formula is C18H15ClFN5OS. The molecule has 0 saturated carbocycles. The summed E-state index contributed by atoms with van der Waals surface area (Å²) in [6, 6.07) is 13.1. The minimum Gasteiger partial charge on any atom is -0.305 e. The fourth-order valence-electron chi connectivity index (χ4n) is 2.21. The predicted octanol–water partition coefficient (Wildman–Crippen LogP) is 3.52. The molecule has 0 atom stereocenters. The summed E-state index contributed by atoms with van der Waals surface area (Å²) in [5.41, 5.74) is 3.95. The van der Waals surface area contributed by atoms with E-state index in [1.54, 1.807) is 28.8 Å². The maximum Gasteiger partial charge on any atom is 0.250 e. The van der Waals surface area contributed by atoms with Crippen molar-refractivity contribution < 1.29 is 9.18 Å². The Kier molecular flexibility index (Phi) is 6.20. The Morgan fingerprint density at radius 1 is 1.30 bits per heavy atom. The standard InChI is InChI=1S/C18H15ClFN5OS/c1-25-17(13-3-2-4-14(19)9-13)23-24-18(25)27-11-16(26)22-21-10-12-5-7-15(20)8-6-12/h2-10H,11H2,1H3,(H,22,26)/b21-10+. The molecule has 0 fully saturated rings. The summed E-state index contributed by atoms with van der Waals surface area (Å²) >= 11 is 7.25. The topological polar surface area (TPSA) is 72.2 Å². The Labute approximate surface area is 164 Å². The Morgan fingerprint density at radius 2 is 2.07 bits per heavy atom. The third kappa shape index (κ3) is 5.15. The molecule has 0 aliphatic carbocycles. The number of thioether (sulfide) groups is 1. The fourth-order valence-corrected chi connectivity index (χ4v) is 3.10. The van der Waals surface area contributed by atoms with Gasteiger partial charge in [0.2, 0.25) is 0 Å². The second-order valence-corrected chi connectivity index (χ2v) is 6.89. The molecule has 3 rings (SSSR count). The molecule has 27 heavy (non-hydrogen) atoms. The van der Waals surface area contributed by atoms with Crippen LogP contribution in [0.1, 0.15) is 5.56 Å². The van der Waals surface area contributed by atoms with Crippen molar-refractivity contribution in [2.45, 2.75) is 5.16 Å². The normalized spacial score (nSPS) is 11.1. The van der Waals surface area contributed by atoms with Crippen molar-refractivity contribution >= 4 is 35.5 Å². The van der Waals surface area contributed by atoms with Gasteiger partial charge in [-0.2, -0.15) is 5.10 Å². The van der Waals surface area contributed by atoms with Gasteiger partial charge in [-0.15, -0.1) is 10.2 Å². The van der Waals surface area contributed by atoms with Crippen LogP contribution < -0.4 is 5.43 Å². The Balaban J connectivity index is 1.55. The molecule has 1 heterocycles. The highest BCUT2D eigenvalue weighted by Gasteiger charge is 2.13. The molecule has 0 unspecified atom stereocenters. The van der Waals surface area contributed by atoms with Gasteiger partial charge in [0.15, 0.2) is 11.0 Å². The molecule has 0 saturated heterocycles. The number of carbonyl (C=O) groups is 1. The van der Waals surface area contributed by atoms with Crippen LogP contribution in [0.3, 0.4) is 0 Å². The molecule has 0 radical (unpaired) electrons. The predicted molar refractivity (Wildman–Crippen MR) is 104 cm³/mol. The minimum atomic E-state index is -0.326. The van der Waals surface area contributed by atoms with Gasteiger partial charge in [-0.25, -0.2) is 9.82 Å². The summed E-state index contributed by atoms with van der Waals surface area (Å²) in [7, 11) is 1.82. The van der Waals surface area contributed by atoms with E-state index < -0.39 is 0 Å².